The van der Waals surface area contributed by atoms with Gasteiger partial charge in [0.25, 0.3) is 11.8 Å². The number of hydrogen-bond donors (Lipinski definition) is 2. The maximum atomic E-state index is 13.5. The van der Waals surface area contributed by atoms with Gasteiger partial charge in [-0.15, -0.1) is 0 Å². The molecule has 0 unspecified atom stereocenters. The summed E-state index contributed by atoms with van der Waals surface area (Å²) in [7, 11) is 0. The van der Waals surface area contributed by atoms with Crippen LogP contribution in [-0.2, 0) is 6.54 Å². The van der Waals surface area contributed by atoms with Crippen molar-refractivity contribution >= 4 is 17.5 Å². The van der Waals surface area contributed by atoms with E-state index in [0.29, 0.717) is 47.9 Å². The second-order valence-corrected chi connectivity index (χ2v) is 8.99. The van der Waals surface area contributed by atoms with Crippen molar-refractivity contribution in [3.8, 4) is 11.5 Å². The molecule has 0 radical (unpaired) electrons. The van der Waals surface area contributed by atoms with E-state index >= 15 is 0 Å². The lowest BCUT2D eigenvalue weighted by atomic mass is 9.92. The summed E-state index contributed by atoms with van der Waals surface area (Å²) >= 11 is 0. The number of nitrogens with one attached hydrogen (secondary N) is 1. The van der Waals surface area contributed by atoms with Gasteiger partial charge < -0.3 is 25.4 Å². The lowest BCUT2D eigenvalue weighted by Gasteiger charge is -2.32. The fourth-order valence-electron chi connectivity index (χ4n) is 3.66. The molecule has 0 bridgehead atoms. The minimum absolute atomic E-state index is 0.135. The van der Waals surface area contributed by atoms with Gasteiger partial charge in [0.15, 0.2) is 11.5 Å². The lowest BCUT2D eigenvalue weighted by molar-refractivity contribution is 0.0672. The molecule has 1 aromatic heterocycles. The van der Waals surface area contributed by atoms with E-state index in [1.54, 1.807) is 41.4 Å². The molecular weight excluding hydrogens is 432 g/mol. The largest absolute Gasteiger partial charge is 0.454 e. The number of benzene rings is 2. The quantitative estimate of drug-likeness (QED) is 0.531. The summed E-state index contributed by atoms with van der Waals surface area (Å²) in [5, 5.41) is 2.89. The number of carbonyl (C=O) groups excluding carboxylic acids is 2. The molecule has 8 nitrogen and oxygen atoms in total. The maximum Gasteiger partial charge on any atom is 0.257 e. The molecular formula is C26H28N4O4. The van der Waals surface area contributed by atoms with Crippen LogP contribution in [0, 0.1) is 5.41 Å². The number of aromatic nitrogens is 1. The van der Waals surface area contributed by atoms with E-state index < -0.39 is 0 Å². The van der Waals surface area contributed by atoms with Crippen LogP contribution in [-0.4, -0.2) is 41.6 Å². The van der Waals surface area contributed by atoms with Crippen molar-refractivity contribution in [2.24, 2.45) is 11.1 Å². The highest BCUT2D eigenvalue weighted by Gasteiger charge is 2.26. The summed E-state index contributed by atoms with van der Waals surface area (Å²) in [5.74, 6) is 0.805. The second kappa shape index (κ2) is 9.93. The van der Waals surface area contributed by atoms with Crippen LogP contribution in [0.4, 0.5) is 5.69 Å². The first-order chi connectivity index (χ1) is 16.3. The minimum Gasteiger partial charge on any atom is -0.454 e. The Hall–Kier alpha value is -3.91. The van der Waals surface area contributed by atoms with Crippen LogP contribution in [0.5, 0.6) is 11.5 Å². The highest BCUT2D eigenvalue weighted by atomic mass is 16.7. The monoisotopic (exact) mass is 460 g/mol. The van der Waals surface area contributed by atoms with E-state index in [1.165, 1.54) is 6.20 Å². The molecule has 0 fully saturated rings. The second-order valence-electron chi connectivity index (χ2n) is 8.99. The molecule has 34 heavy (non-hydrogen) atoms. The Morgan fingerprint density at radius 1 is 1.06 bits per heavy atom. The summed E-state index contributed by atoms with van der Waals surface area (Å²) in [6.45, 7) is 5.44. The molecule has 2 aromatic carbocycles. The number of anilines is 1. The Bertz CT molecular complexity index is 1180. The Labute approximate surface area is 198 Å². The van der Waals surface area contributed by atoms with Gasteiger partial charge in [-0.1, -0.05) is 26.0 Å². The standard InChI is InChI=1S/C26H28N4O4/c1-26(2,15-27)16-30(25(32)19-8-9-22-23(12-19)34-17-33-22)14-18-5-3-7-21(11-18)29-24(31)20-6-4-10-28-13-20/h3-13H,14-17,27H2,1-2H3,(H,29,31). The van der Waals surface area contributed by atoms with Gasteiger partial charge in [0.05, 0.1) is 5.56 Å². The van der Waals surface area contributed by atoms with E-state index in [1.807, 2.05) is 38.1 Å². The van der Waals surface area contributed by atoms with Crippen molar-refractivity contribution in [2.45, 2.75) is 20.4 Å². The molecule has 176 valence electrons. The molecule has 0 saturated heterocycles. The zero-order valence-corrected chi connectivity index (χ0v) is 19.3. The predicted molar refractivity (Wildman–Crippen MR) is 129 cm³/mol. The summed E-state index contributed by atoms with van der Waals surface area (Å²) in [5.41, 5.74) is 8.19. The molecule has 2 heterocycles. The third-order valence-electron chi connectivity index (χ3n) is 5.56. The van der Waals surface area contributed by atoms with Crippen molar-refractivity contribution in [1.29, 1.82) is 0 Å². The van der Waals surface area contributed by atoms with Crippen LogP contribution in [0.25, 0.3) is 0 Å². The summed E-state index contributed by atoms with van der Waals surface area (Å²) in [4.78, 5) is 31.8. The fraction of sp³-hybridized carbons (Fsp3) is 0.269. The van der Waals surface area contributed by atoms with Gasteiger partial charge in [0.2, 0.25) is 6.79 Å². The van der Waals surface area contributed by atoms with Crippen molar-refractivity contribution in [3.63, 3.8) is 0 Å². The van der Waals surface area contributed by atoms with Crippen LogP contribution in [0.15, 0.2) is 67.0 Å². The van der Waals surface area contributed by atoms with Crippen molar-refractivity contribution in [3.05, 3.63) is 83.7 Å². The number of amides is 2. The van der Waals surface area contributed by atoms with E-state index in [9.17, 15) is 9.59 Å². The molecule has 3 aromatic rings. The van der Waals surface area contributed by atoms with Crippen molar-refractivity contribution < 1.29 is 19.1 Å². The van der Waals surface area contributed by atoms with Crippen molar-refractivity contribution in [1.82, 2.24) is 9.88 Å². The molecule has 0 atom stereocenters. The number of nitrogens with two attached hydrogens (primary N) is 1. The highest BCUT2D eigenvalue weighted by Crippen LogP contribution is 2.33. The van der Waals surface area contributed by atoms with Gasteiger partial charge in [0.1, 0.15) is 0 Å². The van der Waals surface area contributed by atoms with Gasteiger partial charge in [-0.05, 0) is 60.0 Å². The summed E-state index contributed by atoms with van der Waals surface area (Å²) in [6.07, 6.45) is 3.13. The number of pyridine rings is 1. The van der Waals surface area contributed by atoms with Gasteiger partial charge in [0, 0.05) is 36.7 Å². The molecule has 0 aliphatic carbocycles. The predicted octanol–water partition coefficient (Wildman–Crippen LogP) is 3.69. The fourth-order valence-corrected chi connectivity index (χ4v) is 3.66. The number of ether oxygens (including phenoxy) is 2. The zero-order valence-electron chi connectivity index (χ0n) is 19.3. The summed E-state index contributed by atoms with van der Waals surface area (Å²) in [6, 6.07) is 16.1. The molecule has 3 N–H and O–H groups in total. The van der Waals surface area contributed by atoms with Crippen LogP contribution in [0.2, 0.25) is 0 Å². The Morgan fingerprint density at radius 3 is 2.65 bits per heavy atom. The number of rotatable bonds is 8. The van der Waals surface area contributed by atoms with E-state index in [0.717, 1.165) is 5.56 Å². The number of carbonyl (C=O) groups is 2. The third kappa shape index (κ3) is 5.52. The molecule has 8 heteroatoms. The highest BCUT2D eigenvalue weighted by molar-refractivity contribution is 6.04. The normalized spacial score (nSPS) is 12.3. The molecule has 0 spiro atoms. The first-order valence-electron chi connectivity index (χ1n) is 11.0. The zero-order chi connectivity index (χ0) is 24.1. The molecule has 2 amide bonds. The van der Waals surface area contributed by atoms with Crippen LogP contribution in [0.1, 0.15) is 40.1 Å². The Morgan fingerprint density at radius 2 is 1.88 bits per heavy atom. The molecule has 4 rings (SSSR count). The van der Waals surface area contributed by atoms with Crippen LogP contribution in [0.3, 0.4) is 0 Å². The van der Waals surface area contributed by atoms with Gasteiger partial charge >= 0.3 is 0 Å². The van der Waals surface area contributed by atoms with E-state index in [2.05, 4.69) is 10.3 Å². The average molecular weight is 461 g/mol. The van der Waals surface area contributed by atoms with Gasteiger partial charge in [-0.2, -0.15) is 0 Å². The Kier molecular flexibility index (Phi) is 6.79. The molecule has 0 saturated carbocycles. The first kappa shape index (κ1) is 23.3. The number of fused-ring (bicyclic) bond motifs is 1. The smallest absolute Gasteiger partial charge is 0.257 e. The van der Waals surface area contributed by atoms with Crippen LogP contribution < -0.4 is 20.5 Å². The van der Waals surface area contributed by atoms with E-state index in [4.69, 9.17) is 15.2 Å². The lowest BCUT2D eigenvalue weighted by Crippen LogP contribution is -2.41. The Balaban J connectivity index is 1.55. The van der Waals surface area contributed by atoms with Crippen LogP contribution >= 0.6 is 0 Å². The third-order valence-corrected chi connectivity index (χ3v) is 5.56. The van der Waals surface area contributed by atoms with Crippen molar-refractivity contribution in [2.75, 3.05) is 25.2 Å². The topological polar surface area (TPSA) is 107 Å². The van der Waals surface area contributed by atoms with Gasteiger partial charge in [-0.3, -0.25) is 14.6 Å². The minimum atomic E-state index is -0.280. The van der Waals surface area contributed by atoms with E-state index in [-0.39, 0.29) is 24.0 Å². The first-order valence-corrected chi connectivity index (χ1v) is 11.0. The molecule has 1 aliphatic heterocycles. The SMILES string of the molecule is CC(C)(CN)CN(Cc1cccc(NC(=O)c2cccnc2)c1)C(=O)c1ccc2c(c1)OCO2. The number of hydrogen-bond acceptors (Lipinski definition) is 6. The molecule has 1 aliphatic rings. The maximum absolute atomic E-state index is 13.5. The summed E-state index contributed by atoms with van der Waals surface area (Å²) < 4.78 is 10.8. The number of nitrogens with zero attached hydrogens (tertiary/aromatic N) is 2. The average Bonchev–Trinajstić information content (AvgIpc) is 3.32. The van der Waals surface area contributed by atoms with Gasteiger partial charge in [-0.25, -0.2) is 0 Å².